The third-order valence-corrected chi connectivity index (χ3v) is 4.60. The van der Waals surface area contributed by atoms with E-state index >= 15 is 0 Å². The fourth-order valence-corrected chi connectivity index (χ4v) is 3.62. The average Bonchev–Trinajstić information content (AvgIpc) is 2.17. The molecule has 0 N–H and O–H groups in total. The highest BCUT2D eigenvalue weighted by atomic mass is 14.4. The first-order valence-corrected chi connectivity index (χ1v) is 6.42. The van der Waals surface area contributed by atoms with Crippen molar-refractivity contribution in [2.45, 2.75) is 46.5 Å². The van der Waals surface area contributed by atoms with Crippen molar-refractivity contribution in [1.29, 1.82) is 0 Å². The topological polar surface area (TPSA) is 0 Å². The molecule has 0 nitrogen and oxygen atoms in total. The Hall–Kier alpha value is -0.520. The lowest BCUT2D eigenvalue weighted by Gasteiger charge is -2.44. The molecule has 84 valence electrons. The lowest BCUT2D eigenvalue weighted by molar-refractivity contribution is 0.135. The molecule has 0 aliphatic heterocycles. The van der Waals surface area contributed by atoms with Crippen molar-refractivity contribution in [1.82, 2.24) is 0 Å². The summed E-state index contributed by atoms with van der Waals surface area (Å²) < 4.78 is 0. The van der Waals surface area contributed by atoms with Crippen LogP contribution < -0.4 is 0 Å². The van der Waals surface area contributed by atoms with Gasteiger partial charge in [0, 0.05) is 0 Å². The quantitative estimate of drug-likeness (QED) is 0.548. The smallest absolute Gasteiger partial charge is 0.0134 e. The zero-order valence-corrected chi connectivity index (χ0v) is 10.4. The Morgan fingerprint density at radius 1 is 1.33 bits per heavy atom. The lowest BCUT2D eigenvalue weighted by Crippen LogP contribution is -2.34. The highest BCUT2D eigenvalue weighted by Crippen LogP contribution is 2.47. The Kier molecular flexibility index (Phi) is 3.04. The summed E-state index contributed by atoms with van der Waals surface area (Å²) in [7, 11) is 0. The van der Waals surface area contributed by atoms with E-state index in [0.29, 0.717) is 0 Å². The van der Waals surface area contributed by atoms with Crippen LogP contribution in [0.5, 0.6) is 0 Å². The van der Waals surface area contributed by atoms with E-state index in [4.69, 9.17) is 0 Å². The van der Waals surface area contributed by atoms with Crippen LogP contribution in [-0.4, -0.2) is 0 Å². The Labute approximate surface area is 94.5 Å². The fourth-order valence-electron chi connectivity index (χ4n) is 3.62. The molecule has 0 aromatic heterocycles. The Morgan fingerprint density at radius 3 is 2.73 bits per heavy atom. The first-order chi connectivity index (χ1) is 7.09. The predicted octanol–water partition coefficient (Wildman–Crippen LogP) is 4.58. The zero-order chi connectivity index (χ0) is 11.0. The van der Waals surface area contributed by atoms with Crippen LogP contribution in [0, 0.1) is 23.7 Å². The van der Waals surface area contributed by atoms with Crippen molar-refractivity contribution in [2.75, 3.05) is 0 Å². The SMILES string of the molecule is C=C(C)[C@@H]1CC[C@H](C)[C@H]2CCC(C)=C[C@H]21. The van der Waals surface area contributed by atoms with Crippen LogP contribution in [-0.2, 0) is 0 Å². The van der Waals surface area contributed by atoms with Crippen LogP contribution in [0.4, 0.5) is 0 Å². The molecular formula is C15H24. The van der Waals surface area contributed by atoms with E-state index in [9.17, 15) is 0 Å². The molecule has 0 bridgehead atoms. The molecule has 0 aromatic carbocycles. The van der Waals surface area contributed by atoms with Crippen molar-refractivity contribution in [3.63, 3.8) is 0 Å². The summed E-state index contributed by atoms with van der Waals surface area (Å²) in [5, 5.41) is 0. The molecule has 15 heavy (non-hydrogen) atoms. The zero-order valence-electron chi connectivity index (χ0n) is 10.4. The minimum atomic E-state index is 0.765. The van der Waals surface area contributed by atoms with Crippen LogP contribution in [0.2, 0.25) is 0 Å². The molecule has 0 spiro atoms. The molecule has 0 radical (unpaired) electrons. The maximum absolute atomic E-state index is 4.19. The van der Waals surface area contributed by atoms with Gasteiger partial charge in [-0.1, -0.05) is 30.7 Å². The number of fused-ring (bicyclic) bond motifs is 1. The molecule has 0 heterocycles. The van der Waals surface area contributed by atoms with Gasteiger partial charge in [-0.3, -0.25) is 0 Å². The first-order valence-electron chi connectivity index (χ1n) is 6.42. The van der Waals surface area contributed by atoms with Gasteiger partial charge in [-0.05, 0) is 63.2 Å². The molecular weight excluding hydrogens is 180 g/mol. The van der Waals surface area contributed by atoms with E-state index in [1.807, 2.05) is 0 Å². The van der Waals surface area contributed by atoms with Crippen molar-refractivity contribution in [3.05, 3.63) is 23.8 Å². The molecule has 1 saturated carbocycles. The van der Waals surface area contributed by atoms with E-state index in [0.717, 1.165) is 23.7 Å². The minimum Gasteiger partial charge on any atom is -0.0998 e. The fraction of sp³-hybridized carbons (Fsp3) is 0.733. The van der Waals surface area contributed by atoms with E-state index in [1.165, 1.54) is 31.3 Å². The normalized spacial score (nSPS) is 40.6. The summed E-state index contributed by atoms with van der Waals surface area (Å²) >= 11 is 0. The van der Waals surface area contributed by atoms with Gasteiger partial charge in [-0.2, -0.15) is 0 Å². The maximum atomic E-state index is 4.19. The maximum Gasteiger partial charge on any atom is -0.0134 e. The average molecular weight is 204 g/mol. The molecule has 2 aliphatic rings. The molecule has 2 rings (SSSR count). The molecule has 0 amide bonds. The summed E-state index contributed by atoms with van der Waals surface area (Å²) in [6, 6.07) is 0. The monoisotopic (exact) mass is 204 g/mol. The third-order valence-electron chi connectivity index (χ3n) is 4.60. The van der Waals surface area contributed by atoms with Gasteiger partial charge in [0.1, 0.15) is 0 Å². The van der Waals surface area contributed by atoms with Gasteiger partial charge >= 0.3 is 0 Å². The Bertz CT molecular complexity index is 284. The van der Waals surface area contributed by atoms with Crippen molar-refractivity contribution < 1.29 is 0 Å². The van der Waals surface area contributed by atoms with Crippen LogP contribution in [0.1, 0.15) is 46.5 Å². The van der Waals surface area contributed by atoms with Gasteiger partial charge in [0.25, 0.3) is 0 Å². The molecule has 0 saturated heterocycles. The standard InChI is InChI=1S/C15H24/c1-10(2)13-8-6-12(4)14-7-5-11(3)9-15(13)14/h9,12-15H,1,5-8H2,2-4H3/t12-,13-,14+,15-/m0/s1. The molecule has 0 aromatic rings. The second-order valence-electron chi connectivity index (χ2n) is 5.80. The van der Waals surface area contributed by atoms with Gasteiger partial charge in [0.15, 0.2) is 0 Å². The molecule has 2 aliphatic carbocycles. The highest BCUT2D eigenvalue weighted by molar-refractivity contribution is 5.15. The second-order valence-corrected chi connectivity index (χ2v) is 5.80. The summed E-state index contributed by atoms with van der Waals surface area (Å²) in [6.07, 6.45) is 8.07. The van der Waals surface area contributed by atoms with Crippen molar-refractivity contribution in [2.24, 2.45) is 23.7 Å². The first kappa shape index (κ1) is 11.0. The van der Waals surface area contributed by atoms with Gasteiger partial charge in [-0.25, -0.2) is 0 Å². The van der Waals surface area contributed by atoms with Crippen molar-refractivity contribution >= 4 is 0 Å². The van der Waals surface area contributed by atoms with Crippen LogP contribution in [0.15, 0.2) is 23.8 Å². The largest absolute Gasteiger partial charge is 0.0998 e. The van der Waals surface area contributed by atoms with Gasteiger partial charge in [-0.15, -0.1) is 0 Å². The van der Waals surface area contributed by atoms with Crippen LogP contribution in [0.3, 0.4) is 0 Å². The summed E-state index contributed by atoms with van der Waals surface area (Å²) in [5.41, 5.74) is 3.01. The van der Waals surface area contributed by atoms with Gasteiger partial charge in [0.05, 0.1) is 0 Å². The third kappa shape index (κ3) is 2.04. The van der Waals surface area contributed by atoms with Crippen LogP contribution >= 0.6 is 0 Å². The Morgan fingerprint density at radius 2 is 2.07 bits per heavy atom. The minimum absolute atomic E-state index is 0.765. The van der Waals surface area contributed by atoms with E-state index < -0.39 is 0 Å². The number of rotatable bonds is 1. The Balaban J connectivity index is 2.24. The summed E-state index contributed by atoms with van der Waals surface area (Å²) in [6.45, 7) is 11.2. The number of hydrogen-bond donors (Lipinski definition) is 0. The summed E-state index contributed by atoms with van der Waals surface area (Å²) in [4.78, 5) is 0. The molecule has 0 heteroatoms. The van der Waals surface area contributed by atoms with E-state index in [2.05, 4.69) is 33.4 Å². The van der Waals surface area contributed by atoms with Crippen molar-refractivity contribution in [3.8, 4) is 0 Å². The van der Waals surface area contributed by atoms with Gasteiger partial charge in [0.2, 0.25) is 0 Å². The van der Waals surface area contributed by atoms with Crippen LogP contribution in [0.25, 0.3) is 0 Å². The molecule has 1 fully saturated rings. The second kappa shape index (κ2) is 4.15. The molecule has 4 atom stereocenters. The van der Waals surface area contributed by atoms with E-state index in [1.54, 1.807) is 5.57 Å². The number of hydrogen-bond acceptors (Lipinski definition) is 0. The highest BCUT2D eigenvalue weighted by Gasteiger charge is 2.37. The van der Waals surface area contributed by atoms with E-state index in [-0.39, 0.29) is 0 Å². The lowest BCUT2D eigenvalue weighted by atomic mass is 9.61. The molecule has 0 unspecified atom stereocenters. The number of allylic oxidation sites excluding steroid dienone is 3. The van der Waals surface area contributed by atoms with Gasteiger partial charge < -0.3 is 0 Å². The summed E-state index contributed by atoms with van der Waals surface area (Å²) in [5.74, 6) is 3.43. The predicted molar refractivity (Wildman–Crippen MR) is 66.7 cm³/mol.